The molecule has 0 aliphatic heterocycles. The van der Waals surface area contributed by atoms with E-state index < -0.39 is 18.1 Å². The summed E-state index contributed by atoms with van der Waals surface area (Å²) in [5.41, 5.74) is 6.94. The number of ether oxygens (including phenoxy) is 2. The van der Waals surface area contributed by atoms with Gasteiger partial charge in [0.15, 0.2) is 0 Å². The Morgan fingerprint density at radius 2 is 1.45 bits per heavy atom. The number of carbonyl (C=O) groups excluding carboxylic acids is 1. The van der Waals surface area contributed by atoms with Crippen molar-refractivity contribution in [3.8, 4) is 28.0 Å². The molecule has 0 heterocycles. The van der Waals surface area contributed by atoms with E-state index in [0.717, 1.165) is 44.7 Å². The van der Waals surface area contributed by atoms with E-state index in [9.17, 15) is 14.7 Å². The topological polar surface area (TPSA) is 84.9 Å². The summed E-state index contributed by atoms with van der Waals surface area (Å²) in [6, 6.07) is 30.5. The fraction of sp³-hybridized carbons (Fsp3) is 0.235. The lowest BCUT2D eigenvalue weighted by Crippen LogP contribution is -2.42. The number of benzene rings is 4. The molecule has 0 unspecified atom stereocenters. The number of alkyl carbamates (subject to hydrolysis) is 1. The number of hydrogen-bond donors (Lipinski definition) is 2. The second kappa shape index (κ2) is 11.3. The zero-order valence-electron chi connectivity index (χ0n) is 22.9. The average molecular weight is 536 g/mol. The van der Waals surface area contributed by atoms with Gasteiger partial charge in [0.05, 0.1) is 0 Å². The molecule has 5 rings (SSSR count). The summed E-state index contributed by atoms with van der Waals surface area (Å²) < 4.78 is 11.5. The summed E-state index contributed by atoms with van der Waals surface area (Å²) in [6.07, 6.45) is -0.617. The third kappa shape index (κ3) is 6.18. The molecular formula is C34H33NO5. The van der Waals surface area contributed by atoms with Crippen LogP contribution in [-0.2, 0) is 16.0 Å². The van der Waals surface area contributed by atoms with Gasteiger partial charge in [0, 0.05) is 12.3 Å². The maximum atomic E-state index is 12.7. The Hall–Kier alpha value is -4.58. The van der Waals surface area contributed by atoms with Crippen LogP contribution in [0.25, 0.3) is 22.3 Å². The molecule has 4 aromatic carbocycles. The first-order chi connectivity index (χ1) is 19.2. The van der Waals surface area contributed by atoms with Crippen LogP contribution >= 0.6 is 0 Å². The quantitative estimate of drug-likeness (QED) is 0.252. The molecule has 0 aromatic heterocycles. The van der Waals surface area contributed by atoms with Crippen molar-refractivity contribution in [2.24, 2.45) is 0 Å². The second-order valence-electron chi connectivity index (χ2n) is 11.0. The van der Waals surface area contributed by atoms with Crippen molar-refractivity contribution in [1.82, 2.24) is 5.32 Å². The van der Waals surface area contributed by atoms with Gasteiger partial charge >= 0.3 is 12.1 Å². The summed E-state index contributed by atoms with van der Waals surface area (Å²) in [5.74, 6) is -0.432. The van der Waals surface area contributed by atoms with Crippen molar-refractivity contribution in [3.63, 3.8) is 0 Å². The molecule has 6 nitrogen and oxygen atoms in total. The van der Waals surface area contributed by atoms with Gasteiger partial charge in [-0.3, -0.25) is 0 Å². The number of fused-ring (bicyclic) bond motifs is 3. The highest BCUT2D eigenvalue weighted by molar-refractivity contribution is 5.81. The fourth-order valence-corrected chi connectivity index (χ4v) is 5.14. The monoisotopic (exact) mass is 535 g/mol. The first kappa shape index (κ1) is 27.0. The number of carboxylic acids is 1. The van der Waals surface area contributed by atoms with Gasteiger partial charge in [0.2, 0.25) is 0 Å². The number of carboxylic acid groups (broad SMARTS) is 1. The molecular weight excluding hydrogens is 502 g/mol. The molecule has 4 aromatic rings. The number of aliphatic carboxylic acids is 1. The van der Waals surface area contributed by atoms with Crippen molar-refractivity contribution in [2.75, 3.05) is 6.61 Å². The zero-order chi connectivity index (χ0) is 28.3. The summed E-state index contributed by atoms with van der Waals surface area (Å²) in [6.45, 7) is 6.14. The highest BCUT2D eigenvalue weighted by Gasteiger charge is 2.29. The lowest BCUT2D eigenvalue weighted by Gasteiger charge is -2.21. The van der Waals surface area contributed by atoms with Crippen LogP contribution in [0.1, 0.15) is 43.4 Å². The lowest BCUT2D eigenvalue weighted by molar-refractivity contribution is -0.139. The Morgan fingerprint density at radius 3 is 2.05 bits per heavy atom. The number of nitrogens with one attached hydrogen (secondary N) is 1. The predicted octanol–water partition coefficient (Wildman–Crippen LogP) is 7.07. The number of hydrogen-bond acceptors (Lipinski definition) is 4. The van der Waals surface area contributed by atoms with E-state index in [2.05, 4.69) is 17.4 Å². The maximum Gasteiger partial charge on any atom is 0.407 e. The van der Waals surface area contributed by atoms with Crippen LogP contribution < -0.4 is 10.1 Å². The molecule has 0 saturated carbocycles. The Labute approximate surface area is 234 Å². The largest absolute Gasteiger partial charge is 0.488 e. The smallest absolute Gasteiger partial charge is 0.407 e. The summed E-state index contributed by atoms with van der Waals surface area (Å²) in [4.78, 5) is 24.7. The zero-order valence-corrected chi connectivity index (χ0v) is 22.9. The van der Waals surface area contributed by atoms with Gasteiger partial charge in [-0.2, -0.15) is 0 Å². The van der Waals surface area contributed by atoms with Crippen molar-refractivity contribution in [3.05, 3.63) is 114 Å². The van der Waals surface area contributed by atoms with Gasteiger partial charge in [-0.25, -0.2) is 9.59 Å². The molecule has 1 aliphatic rings. The van der Waals surface area contributed by atoms with E-state index in [0.29, 0.717) is 0 Å². The van der Waals surface area contributed by atoms with Crippen LogP contribution in [0.2, 0.25) is 0 Å². The molecule has 40 heavy (non-hydrogen) atoms. The molecule has 0 saturated heterocycles. The molecule has 1 aliphatic carbocycles. The van der Waals surface area contributed by atoms with Crippen molar-refractivity contribution < 1.29 is 24.2 Å². The first-order valence-electron chi connectivity index (χ1n) is 13.4. The van der Waals surface area contributed by atoms with Crippen LogP contribution in [0.3, 0.4) is 0 Å². The molecule has 0 radical (unpaired) electrons. The number of amides is 1. The minimum absolute atomic E-state index is 0.0960. The maximum absolute atomic E-state index is 12.7. The predicted molar refractivity (Wildman–Crippen MR) is 156 cm³/mol. The fourth-order valence-electron chi connectivity index (χ4n) is 5.14. The van der Waals surface area contributed by atoms with Crippen molar-refractivity contribution >= 4 is 12.1 Å². The minimum Gasteiger partial charge on any atom is -0.488 e. The molecule has 0 spiro atoms. The van der Waals surface area contributed by atoms with Crippen LogP contribution in [0, 0.1) is 0 Å². The molecule has 204 valence electrons. The van der Waals surface area contributed by atoms with Crippen molar-refractivity contribution in [1.29, 1.82) is 0 Å². The van der Waals surface area contributed by atoms with Crippen LogP contribution in [0.4, 0.5) is 4.79 Å². The van der Waals surface area contributed by atoms with Crippen molar-refractivity contribution in [2.45, 2.75) is 44.8 Å². The molecule has 1 atom stereocenters. The summed E-state index contributed by atoms with van der Waals surface area (Å²) >= 11 is 0. The molecule has 1 amide bonds. The van der Waals surface area contributed by atoms with E-state index in [1.807, 2.05) is 106 Å². The summed E-state index contributed by atoms with van der Waals surface area (Å²) in [7, 11) is 0. The van der Waals surface area contributed by atoms with Gasteiger partial charge in [0.1, 0.15) is 24.0 Å². The van der Waals surface area contributed by atoms with Gasteiger partial charge < -0.3 is 19.9 Å². The average Bonchev–Trinajstić information content (AvgIpc) is 3.25. The van der Waals surface area contributed by atoms with E-state index in [4.69, 9.17) is 9.47 Å². The molecule has 0 fully saturated rings. The summed E-state index contributed by atoms with van der Waals surface area (Å²) in [5, 5.41) is 12.3. The number of carbonyl (C=O) groups is 2. The van der Waals surface area contributed by atoms with E-state index in [1.165, 1.54) is 0 Å². The Kier molecular flexibility index (Phi) is 7.60. The standard InChI is InChI=1S/C34H33NO5/c1-34(2,3)40-25-10-8-9-24(20-25)23-17-15-22(16-18-23)19-31(32(36)37)35-33(38)39-21-30-28-13-6-4-11-26(28)27-12-5-7-14-29(27)30/h4-18,20,30-31H,19,21H2,1-3H3,(H,35,38)(H,36,37)/t31-/m0/s1. The van der Waals surface area contributed by atoms with E-state index in [1.54, 1.807) is 0 Å². The van der Waals surface area contributed by atoms with Crippen LogP contribution in [-0.4, -0.2) is 35.4 Å². The third-order valence-electron chi connectivity index (χ3n) is 6.92. The molecule has 2 N–H and O–H groups in total. The molecule has 0 bridgehead atoms. The first-order valence-corrected chi connectivity index (χ1v) is 13.4. The highest BCUT2D eigenvalue weighted by Crippen LogP contribution is 2.44. The number of rotatable bonds is 8. The SMILES string of the molecule is CC(C)(C)Oc1cccc(-c2ccc(C[C@H](NC(=O)OCC3c4ccccc4-c4ccccc43)C(=O)O)cc2)c1. The third-order valence-corrected chi connectivity index (χ3v) is 6.92. The van der Waals surface area contributed by atoms with Gasteiger partial charge in [0.25, 0.3) is 0 Å². The van der Waals surface area contributed by atoms with Gasteiger partial charge in [-0.05, 0) is 71.8 Å². The molecule has 6 heteroatoms. The van der Waals surface area contributed by atoms with Crippen LogP contribution in [0.15, 0.2) is 97.1 Å². The lowest BCUT2D eigenvalue weighted by atomic mass is 9.98. The van der Waals surface area contributed by atoms with Crippen LogP contribution in [0.5, 0.6) is 5.75 Å². The Balaban J connectivity index is 1.21. The highest BCUT2D eigenvalue weighted by atomic mass is 16.5. The van der Waals surface area contributed by atoms with Gasteiger partial charge in [-0.15, -0.1) is 0 Å². The second-order valence-corrected chi connectivity index (χ2v) is 11.0. The van der Waals surface area contributed by atoms with Gasteiger partial charge in [-0.1, -0.05) is 84.9 Å². The van der Waals surface area contributed by atoms with E-state index in [-0.39, 0.29) is 24.5 Å². The Bertz CT molecular complexity index is 1470. The Morgan fingerprint density at radius 1 is 0.825 bits per heavy atom. The normalized spacial score (nSPS) is 13.2. The minimum atomic E-state index is -1.12. The van der Waals surface area contributed by atoms with E-state index >= 15 is 0 Å².